The van der Waals surface area contributed by atoms with Crippen molar-refractivity contribution in [3.8, 4) is 5.75 Å². The molecule has 0 aliphatic heterocycles. The Morgan fingerprint density at radius 2 is 1.86 bits per heavy atom. The normalized spacial score (nSPS) is 11.1. The Morgan fingerprint density at radius 3 is 2.36 bits per heavy atom. The van der Waals surface area contributed by atoms with Crippen molar-refractivity contribution in [2.75, 3.05) is 24.3 Å². The number of halogens is 3. The Balaban J connectivity index is 2.07. The molecule has 6 nitrogen and oxygen atoms in total. The van der Waals surface area contributed by atoms with Crippen LogP contribution in [0.4, 0.5) is 18.9 Å². The number of nitrogens with two attached hydrogens (primary N) is 1. The lowest BCUT2D eigenvalue weighted by molar-refractivity contribution is -0.138. The molecule has 0 atom stereocenters. The number of aromatic nitrogens is 1. The molecule has 0 aliphatic carbocycles. The van der Waals surface area contributed by atoms with Gasteiger partial charge in [-0.05, 0) is 36.4 Å². The molecule has 1 heterocycles. The van der Waals surface area contributed by atoms with Crippen LogP contribution in [-0.2, 0) is 15.8 Å². The van der Waals surface area contributed by atoms with Crippen LogP contribution in [0.3, 0.4) is 0 Å². The van der Waals surface area contributed by atoms with Crippen LogP contribution in [0.5, 0.6) is 5.75 Å². The van der Waals surface area contributed by atoms with E-state index in [4.69, 9.17) is 10.5 Å². The Hall–Kier alpha value is -2.75. The van der Waals surface area contributed by atoms with Crippen molar-refractivity contribution < 1.29 is 27.5 Å². The number of primary amides is 1. The number of rotatable bonds is 8. The van der Waals surface area contributed by atoms with Gasteiger partial charge in [0, 0.05) is 24.8 Å². The van der Waals surface area contributed by atoms with Gasteiger partial charge in [0.05, 0.1) is 23.5 Å². The number of methoxy groups -OCH3 is 1. The molecule has 0 unspecified atom stereocenters. The van der Waals surface area contributed by atoms with E-state index in [1.54, 1.807) is 24.3 Å². The van der Waals surface area contributed by atoms with Crippen molar-refractivity contribution >= 4 is 29.3 Å². The largest absolute Gasteiger partial charge is 0.497 e. The molecule has 2 amide bonds. The number of pyridine rings is 1. The van der Waals surface area contributed by atoms with Crippen LogP contribution in [0, 0.1) is 0 Å². The van der Waals surface area contributed by atoms with Gasteiger partial charge in [-0.2, -0.15) is 13.2 Å². The van der Waals surface area contributed by atoms with Gasteiger partial charge in [-0.1, -0.05) is 11.8 Å². The smallest absolute Gasteiger partial charge is 0.417 e. The van der Waals surface area contributed by atoms with E-state index >= 15 is 0 Å². The van der Waals surface area contributed by atoms with Gasteiger partial charge in [0.1, 0.15) is 5.75 Å². The molecule has 1 aromatic heterocycles. The van der Waals surface area contributed by atoms with Crippen LogP contribution in [-0.4, -0.2) is 36.2 Å². The number of alkyl halides is 3. The van der Waals surface area contributed by atoms with Gasteiger partial charge < -0.3 is 15.4 Å². The van der Waals surface area contributed by atoms with Crippen molar-refractivity contribution in [2.45, 2.75) is 17.6 Å². The van der Waals surface area contributed by atoms with Crippen molar-refractivity contribution in [3.05, 3.63) is 48.2 Å². The molecule has 28 heavy (non-hydrogen) atoms. The zero-order valence-electron chi connectivity index (χ0n) is 14.9. The first-order valence-corrected chi connectivity index (χ1v) is 9.08. The first kappa shape index (κ1) is 21.5. The number of thioether (sulfide) groups is 1. The number of nitrogens with zero attached hydrogens (tertiary/aromatic N) is 2. The first-order chi connectivity index (χ1) is 13.2. The topological polar surface area (TPSA) is 85.5 Å². The zero-order chi connectivity index (χ0) is 20.7. The van der Waals surface area contributed by atoms with E-state index in [9.17, 15) is 22.8 Å². The lowest BCUT2D eigenvalue weighted by Crippen LogP contribution is -2.35. The number of anilines is 1. The van der Waals surface area contributed by atoms with E-state index in [1.165, 1.54) is 18.1 Å². The number of ether oxygens (including phenoxy) is 1. The average molecular weight is 413 g/mol. The second-order valence-corrected chi connectivity index (χ2v) is 6.63. The van der Waals surface area contributed by atoms with Gasteiger partial charge in [0.15, 0.2) is 0 Å². The van der Waals surface area contributed by atoms with Crippen molar-refractivity contribution in [1.82, 2.24) is 4.98 Å². The number of benzene rings is 1. The Bertz CT molecular complexity index is 812. The number of amides is 2. The molecule has 2 N–H and O–H groups in total. The number of hydrogen-bond acceptors (Lipinski definition) is 5. The van der Waals surface area contributed by atoms with Crippen LogP contribution in [0.1, 0.15) is 12.0 Å². The van der Waals surface area contributed by atoms with E-state index in [2.05, 4.69) is 4.98 Å². The van der Waals surface area contributed by atoms with Gasteiger partial charge in [-0.15, -0.1) is 0 Å². The fourth-order valence-corrected chi connectivity index (χ4v) is 2.95. The maximum Gasteiger partial charge on any atom is 0.417 e. The summed E-state index contributed by atoms with van der Waals surface area (Å²) < 4.78 is 42.8. The summed E-state index contributed by atoms with van der Waals surface area (Å²) in [6.07, 6.45) is -3.77. The van der Waals surface area contributed by atoms with Crippen LogP contribution in [0.25, 0.3) is 0 Å². The predicted molar refractivity (Wildman–Crippen MR) is 99.1 cm³/mol. The van der Waals surface area contributed by atoms with Gasteiger partial charge in [0.2, 0.25) is 11.8 Å². The quantitative estimate of drug-likeness (QED) is 0.672. The van der Waals surface area contributed by atoms with Crippen LogP contribution >= 0.6 is 11.8 Å². The van der Waals surface area contributed by atoms with E-state index in [1.807, 2.05) is 0 Å². The summed E-state index contributed by atoms with van der Waals surface area (Å²) in [4.78, 5) is 28.8. The molecule has 0 spiro atoms. The SMILES string of the molecule is COc1ccc(N(CCC(N)=O)C(=O)CSc2ccc(C(F)(F)F)cn2)cc1. The van der Waals surface area contributed by atoms with Crippen molar-refractivity contribution in [1.29, 1.82) is 0 Å². The van der Waals surface area contributed by atoms with E-state index in [0.29, 0.717) is 11.4 Å². The minimum absolute atomic E-state index is 0.0268. The first-order valence-electron chi connectivity index (χ1n) is 8.09. The maximum atomic E-state index is 12.6. The second-order valence-electron chi connectivity index (χ2n) is 5.63. The molecule has 0 aliphatic rings. The fourth-order valence-electron chi connectivity index (χ4n) is 2.23. The Morgan fingerprint density at radius 1 is 1.18 bits per heavy atom. The molecule has 0 saturated heterocycles. The minimum Gasteiger partial charge on any atom is -0.497 e. The van der Waals surface area contributed by atoms with E-state index in [-0.39, 0.29) is 29.7 Å². The lowest BCUT2D eigenvalue weighted by atomic mass is 10.2. The molecule has 0 bridgehead atoms. The Labute approximate surface area is 163 Å². The van der Waals surface area contributed by atoms with Crippen LogP contribution in [0.15, 0.2) is 47.6 Å². The zero-order valence-corrected chi connectivity index (χ0v) is 15.7. The summed E-state index contributed by atoms with van der Waals surface area (Å²) in [5.74, 6) is -0.348. The van der Waals surface area contributed by atoms with Gasteiger partial charge >= 0.3 is 6.18 Å². The third kappa shape index (κ3) is 6.15. The summed E-state index contributed by atoms with van der Waals surface area (Å²) in [7, 11) is 1.51. The molecule has 1 aromatic carbocycles. The molecule has 2 aromatic rings. The van der Waals surface area contributed by atoms with Crippen molar-refractivity contribution in [2.24, 2.45) is 5.73 Å². The van der Waals surface area contributed by atoms with Gasteiger partial charge in [0.25, 0.3) is 0 Å². The molecular formula is C18H18F3N3O3S. The minimum atomic E-state index is -4.47. The summed E-state index contributed by atoms with van der Waals surface area (Å²) in [6.45, 7) is 0.0848. The highest BCUT2D eigenvalue weighted by atomic mass is 32.2. The number of carbonyl (C=O) groups is 2. The van der Waals surface area contributed by atoms with Gasteiger partial charge in [-0.3, -0.25) is 9.59 Å². The summed E-state index contributed by atoms with van der Waals surface area (Å²) in [5, 5.41) is 0.283. The maximum absolute atomic E-state index is 12.6. The number of hydrogen-bond donors (Lipinski definition) is 1. The third-order valence-corrected chi connectivity index (χ3v) is 4.60. The summed E-state index contributed by atoms with van der Waals surface area (Å²) in [5.41, 5.74) is 4.87. The molecule has 0 fully saturated rings. The molecular weight excluding hydrogens is 395 g/mol. The number of carbonyl (C=O) groups excluding carboxylic acids is 2. The fraction of sp³-hybridized carbons (Fsp3) is 0.278. The van der Waals surface area contributed by atoms with Gasteiger partial charge in [-0.25, -0.2) is 4.98 Å². The lowest BCUT2D eigenvalue weighted by Gasteiger charge is -2.22. The second kappa shape index (κ2) is 9.45. The predicted octanol–water partition coefficient (Wildman–Crippen LogP) is 3.11. The van der Waals surface area contributed by atoms with Crippen molar-refractivity contribution in [3.63, 3.8) is 0 Å². The molecule has 0 saturated carbocycles. The molecule has 2 rings (SSSR count). The highest BCUT2D eigenvalue weighted by Crippen LogP contribution is 2.29. The summed E-state index contributed by atoms with van der Waals surface area (Å²) in [6, 6.07) is 8.79. The average Bonchev–Trinajstić information content (AvgIpc) is 2.66. The Kier molecular flexibility index (Phi) is 7.27. The molecule has 0 radical (unpaired) electrons. The third-order valence-electron chi connectivity index (χ3n) is 3.67. The highest BCUT2D eigenvalue weighted by Gasteiger charge is 2.30. The summed E-state index contributed by atoms with van der Waals surface area (Å²) >= 11 is 1.00. The standard InChI is InChI=1S/C18H18F3N3O3S/c1-27-14-5-3-13(4-6-14)24(9-8-15(22)25)17(26)11-28-16-7-2-12(10-23-16)18(19,20)21/h2-7,10H,8-9,11H2,1H3,(H2,22,25). The van der Waals surface area contributed by atoms with E-state index in [0.717, 1.165) is 24.0 Å². The van der Waals surface area contributed by atoms with Crippen LogP contribution in [0.2, 0.25) is 0 Å². The highest BCUT2D eigenvalue weighted by molar-refractivity contribution is 7.99. The molecule has 150 valence electrons. The molecule has 10 heteroatoms. The van der Waals surface area contributed by atoms with E-state index < -0.39 is 17.6 Å². The monoisotopic (exact) mass is 413 g/mol. The van der Waals surface area contributed by atoms with Crippen LogP contribution < -0.4 is 15.4 Å².